The lowest BCUT2D eigenvalue weighted by Crippen LogP contribution is -2.24. The summed E-state index contributed by atoms with van der Waals surface area (Å²) in [6, 6.07) is 3.83. The first kappa shape index (κ1) is 16.7. The number of pyridine rings is 2. The van der Waals surface area contributed by atoms with Crippen molar-refractivity contribution in [2.75, 3.05) is 6.61 Å². The van der Waals surface area contributed by atoms with Gasteiger partial charge in [0.25, 0.3) is 5.91 Å². The fourth-order valence-corrected chi connectivity index (χ4v) is 1.83. The van der Waals surface area contributed by atoms with Gasteiger partial charge in [0, 0.05) is 24.2 Å². The van der Waals surface area contributed by atoms with E-state index in [1.807, 2.05) is 6.92 Å². The molecule has 0 spiro atoms. The monoisotopic (exact) mass is 319 g/mol. The van der Waals surface area contributed by atoms with Gasteiger partial charge in [0.15, 0.2) is 5.75 Å². The number of hydrogen-bond donors (Lipinski definition) is 2. The van der Waals surface area contributed by atoms with Gasteiger partial charge in [-0.15, -0.1) is 0 Å². The van der Waals surface area contributed by atoms with Gasteiger partial charge in [0.1, 0.15) is 0 Å². The van der Waals surface area contributed by atoms with Crippen molar-refractivity contribution < 1.29 is 13.9 Å². The van der Waals surface area contributed by atoms with Gasteiger partial charge in [0.05, 0.1) is 18.7 Å². The van der Waals surface area contributed by atoms with Crippen molar-refractivity contribution in [2.45, 2.75) is 26.3 Å². The van der Waals surface area contributed by atoms with E-state index >= 15 is 0 Å². The predicted octanol–water partition coefficient (Wildman–Crippen LogP) is 2.02. The maximum Gasteiger partial charge on any atom is 0.253 e. The molecule has 0 unspecified atom stereocenters. The number of aromatic amines is 1. The van der Waals surface area contributed by atoms with Crippen LogP contribution in [-0.4, -0.2) is 22.5 Å². The van der Waals surface area contributed by atoms with Crippen LogP contribution in [0.3, 0.4) is 0 Å². The Kier molecular flexibility index (Phi) is 5.85. The Morgan fingerprint density at radius 1 is 1.43 bits per heavy atom. The van der Waals surface area contributed by atoms with E-state index in [4.69, 9.17) is 4.74 Å². The van der Waals surface area contributed by atoms with E-state index in [1.54, 1.807) is 0 Å². The van der Waals surface area contributed by atoms with E-state index in [2.05, 4.69) is 15.3 Å². The van der Waals surface area contributed by atoms with Crippen LogP contribution in [0, 0.1) is 5.95 Å². The number of nitrogens with zero attached hydrogens (tertiary/aromatic N) is 1. The summed E-state index contributed by atoms with van der Waals surface area (Å²) in [5.41, 5.74) is 0.544. The average Bonchev–Trinajstić information content (AvgIpc) is 2.55. The average molecular weight is 319 g/mol. The summed E-state index contributed by atoms with van der Waals surface area (Å²) in [5.74, 6) is -0.789. The summed E-state index contributed by atoms with van der Waals surface area (Å²) >= 11 is 0. The highest BCUT2D eigenvalue weighted by Crippen LogP contribution is 2.04. The molecule has 0 fully saturated rings. The second-order valence-corrected chi connectivity index (χ2v) is 4.94. The maximum absolute atomic E-state index is 12.7. The Balaban J connectivity index is 1.93. The third-order valence-electron chi connectivity index (χ3n) is 3.12. The summed E-state index contributed by atoms with van der Waals surface area (Å²) in [6.07, 6.45) is 4.50. The molecule has 2 heterocycles. The molecule has 2 N–H and O–H groups in total. The third kappa shape index (κ3) is 4.91. The molecule has 122 valence electrons. The van der Waals surface area contributed by atoms with E-state index in [9.17, 15) is 14.0 Å². The number of nitrogens with one attached hydrogen (secondary N) is 2. The number of hydrogen-bond acceptors (Lipinski definition) is 4. The van der Waals surface area contributed by atoms with Gasteiger partial charge in [-0.2, -0.15) is 4.39 Å². The van der Waals surface area contributed by atoms with Crippen molar-refractivity contribution in [3.8, 4) is 5.75 Å². The van der Waals surface area contributed by atoms with Crippen molar-refractivity contribution in [3.05, 3.63) is 58.0 Å². The molecule has 7 heteroatoms. The number of ether oxygens (including phenoxy) is 1. The van der Waals surface area contributed by atoms with E-state index in [-0.39, 0.29) is 23.3 Å². The van der Waals surface area contributed by atoms with Crippen LogP contribution in [0.15, 0.2) is 35.4 Å². The van der Waals surface area contributed by atoms with Crippen LogP contribution in [0.4, 0.5) is 4.39 Å². The molecule has 23 heavy (non-hydrogen) atoms. The minimum atomic E-state index is -0.649. The smallest absolute Gasteiger partial charge is 0.253 e. The molecule has 1 amide bonds. The number of carbonyl (C=O) groups excluding carboxylic acids is 1. The Hall–Kier alpha value is -2.70. The Bertz CT molecular complexity index is 713. The van der Waals surface area contributed by atoms with Gasteiger partial charge < -0.3 is 15.0 Å². The molecule has 2 rings (SSSR count). The first-order chi connectivity index (χ1) is 11.1. The molecule has 0 saturated carbocycles. The minimum absolute atomic E-state index is 0.140. The van der Waals surface area contributed by atoms with Gasteiger partial charge in [-0.25, -0.2) is 4.98 Å². The normalized spacial score (nSPS) is 10.3. The summed E-state index contributed by atoms with van der Waals surface area (Å²) in [4.78, 5) is 30.1. The predicted molar refractivity (Wildman–Crippen MR) is 82.8 cm³/mol. The largest absolute Gasteiger partial charge is 0.488 e. The van der Waals surface area contributed by atoms with Crippen molar-refractivity contribution in [1.29, 1.82) is 0 Å². The van der Waals surface area contributed by atoms with Gasteiger partial charge in [0.2, 0.25) is 11.4 Å². The topological polar surface area (TPSA) is 84.1 Å². The molecule has 6 nitrogen and oxygen atoms in total. The van der Waals surface area contributed by atoms with Crippen molar-refractivity contribution in [3.63, 3.8) is 0 Å². The highest BCUT2D eigenvalue weighted by molar-refractivity contribution is 5.93. The molecule has 0 aliphatic carbocycles. The van der Waals surface area contributed by atoms with Gasteiger partial charge >= 0.3 is 0 Å². The van der Waals surface area contributed by atoms with E-state index in [0.29, 0.717) is 12.3 Å². The van der Waals surface area contributed by atoms with Gasteiger partial charge in [-0.3, -0.25) is 9.59 Å². The molecule has 0 radical (unpaired) electrons. The molecule has 0 aromatic carbocycles. The number of amides is 1. The summed E-state index contributed by atoms with van der Waals surface area (Å²) < 4.78 is 18.1. The van der Waals surface area contributed by atoms with Crippen LogP contribution in [0.5, 0.6) is 5.75 Å². The number of H-pyrrole nitrogens is 1. The molecule has 0 aliphatic rings. The molecule has 2 aromatic heterocycles. The maximum atomic E-state index is 12.7. The Labute approximate surface area is 132 Å². The molecule has 0 aliphatic heterocycles. The van der Waals surface area contributed by atoms with Crippen LogP contribution in [0.1, 0.15) is 35.8 Å². The highest BCUT2D eigenvalue weighted by Gasteiger charge is 2.07. The van der Waals surface area contributed by atoms with Crippen molar-refractivity contribution >= 4 is 5.91 Å². The number of halogens is 1. The van der Waals surface area contributed by atoms with Crippen molar-refractivity contribution in [2.24, 2.45) is 0 Å². The third-order valence-corrected chi connectivity index (χ3v) is 3.12. The molecular weight excluding hydrogens is 301 g/mol. The van der Waals surface area contributed by atoms with Gasteiger partial charge in [-0.05, 0) is 18.6 Å². The lowest BCUT2D eigenvalue weighted by atomic mass is 10.2. The van der Waals surface area contributed by atoms with E-state index < -0.39 is 11.9 Å². The lowest BCUT2D eigenvalue weighted by molar-refractivity contribution is 0.0950. The molecule has 0 bridgehead atoms. The fourth-order valence-electron chi connectivity index (χ4n) is 1.83. The first-order valence-electron chi connectivity index (χ1n) is 7.34. The zero-order chi connectivity index (χ0) is 16.7. The summed E-state index contributed by atoms with van der Waals surface area (Å²) in [7, 11) is 0. The first-order valence-corrected chi connectivity index (χ1v) is 7.34. The quantitative estimate of drug-likeness (QED) is 0.604. The van der Waals surface area contributed by atoms with E-state index in [0.717, 1.165) is 25.1 Å². The fraction of sp³-hybridized carbons (Fsp3) is 0.312. The number of unbranched alkanes of at least 4 members (excludes halogenated alkanes) is 1. The van der Waals surface area contributed by atoms with E-state index in [1.165, 1.54) is 18.3 Å². The Morgan fingerprint density at radius 3 is 2.91 bits per heavy atom. The molecule has 0 saturated heterocycles. The zero-order valence-electron chi connectivity index (χ0n) is 12.8. The number of rotatable bonds is 7. The summed E-state index contributed by atoms with van der Waals surface area (Å²) in [6.45, 7) is 2.67. The lowest BCUT2D eigenvalue weighted by Gasteiger charge is -2.07. The Morgan fingerprint density at radius 2 is 2.26 bits per heavy atom. The second kappa shape index (κ2) is 8.07. The molecule has 2 aromatic rings. The van der Waals surface area contributed by atoms with Crippen LogP contribution in [0.25, 0.3) is 0 Å². The number of carbonyl (C=O) groups is 1. The van der Waals surface area contributed by atoms with Crippen molar-refractivity contribution in [1.82, 2.24) is 15.3 Å². The van der Waals surface area contributed by atoms with Crippen LogP contribution in [0.2, 0.25) is 0 Å². The zero-order valence-corrected chi connectivity index (χ0v) is 12.8. The second-order valence-electron chi connectivity index (χ2n) is 4.94. The van der Waals surface area contributed by atoms with Crippen LogP contribution in [-0.2, 0) is 6.54 Å². The van der Waals surface area contributed by atoms with Gasteiger partial charge in [-0.1, -0.05) is 13.3 Å². The minimum Gasteiger partial charge on any atom is -0.488 e. The van der Waals surface area contributed by atoms with Crippen LogP contribution < -0.4 is 15.5 Å². The van der Waals surface area contributed by atoms with Crippen LogP contribution >= 0.6 is 0 Å². The SMILES string of the molecule is CCCCOc1c[nH]c(CNC(=O)c2ccc(F)nc2)cc1=O. The molecular formula is C16H18FN3O3. The molecule has 0 atom stereocenters. The summed E-state index contributed by atoms with van der Waals surface area (Å²) in [5, 5.41) is 2.62. The standard InChI is InChI=1S/C16H18FN3O3/c1-2-3-6-23-14-10-18-12(7-13(14)21)9-20-16(22)11-4-5-15(17)19-8-11/h4-5,7-8,10H,2-3,6,9H2,1H3,(H,18,21)(H,20,22). The highest BCUT2D eigenvalue weighted by atomic mass is 19.1. The number of aromatic nitrogens is 2.